The van der Waals surface area contributed by atoms with Crippen LogP contribution in [0.15, 0.2) is 60.7 Å². The van der Waals surface area contributed by atoms with Crippen molar-refractivity contribution < 1.29 is 14.3 Å². The zero-order chi connectivity index (χ0) is 19.9. The molecule has 0 aliphatic carbocycles. The molecule has 0 saturated heterocycles. The number of carbonyl (C=O) groups excluding carboxylic acids is 2. The molecule has 0 aliphatic rings. The molecule has 3 rings (SSSR count). The minimum atomic E-state index is -0.185. The lowest BCUT2D eigenvalue weighted by Crippen LogP contribution is -2.26. The van der Waals surface area contributed by atoms with Gasteiger partial charge in [-0.3, -0.25) is 9.59 Å². The molecule has 0 aliphatic heterocycles. The second kappa shape index (κ2) is 8.96. The minimum Gasteiger partial charge on any atom is -0.383 e. The lowest BCUT2D eigenvalue weighted by Gasteiger charge is -2.09. The molecule has 0 atom stereocenters. The van der Waals surface area contributed by atoms with E-state index in [1.807, 2.05) is 36.4 Å². The Morgan fingerprint density at radius 1 is 1.07 bits per heavy atom. The fourth-order valence-electron chi connectivity index (χ4n) is 2.72. The number of aromatic nitrogens is 2. The Morgan fingerprint density at radius 2 is 1.79 bits per heavy atom. The van der Waals surface area contributed by atoms with E-state index < -0.39 is 0 Å². The van der Waals surface area contributed by atoms with Crippen molar-refractivity contribution in [1.29, 1.82) is 0 Å². The van der Waals surface area contributed by atoms with Gasteiger partial charge in [-0.25, -0.2) is 4.68 Å². The third-order valence-corrected chi connectivity index (χ3v) is 4.05. The Morgan fingerprint density at radius 3 is 2.43 bits per heavy atom. The zero-order valence-electron chi connectivity index (χ0n) is 15.8. The number of hydrogen-bond acceptors (Lipinski definition) is 4. The predicted octanol–water partition coefficient (Wildman–Crippen LogP) is 2.87. The van der Waals surface area contributed by atoms with Gasteiger partial charge in [-0.15, -0.1) is 0 Å². The first-order chi connectivity index (χ1) is 13.6. The van der Waals surface area contributed by atoms with Crippen molar-refractivity contribution in [3.63, 3.8) is 0 Å². The molecule has 0 saturated carbocycles. The molecular formula is C21H22N4O3. The highest BCUT2D eigenvalue weighted by atomic mass is 16.5. The summed E-state index contributed by atoms with van der Waals surface area (Å²) in [6, 6.07) is 18.6. The van der Waals surface area contributed by atoms with Gasteiger partial charge in [-0.05, 0) is 24.3 Å². The van der Waals surface area contributed by atoms with Gasteiger partial charge in [0.2, 0.25) is 5.91 Å². The molecule has 2 amide bonds. The number of carbonyl (C=O) groups is 2. The van der Waals surface area contributed by atoms with Crippen molar-refractivity contribution in [1.82, 2.24) is 15.1 Å². The van der Waals surface area contributed by atoms with E-state index in [2.05, 4.69) is 15.7 Å². The Balaban J connectivity index is 1.88. The van der Waals surface area contributed by atoms with Crippen LogP contribution < -0.4 is 10.6 Å². The maximum atomic E-state index is 12.1. The smallest absolute Gasteiger partial charge is 0.251 e. The van der Waals surface area contributed by atoms with Crippen molar-refractivity contribution in [2.24, 2.45) is 0 Å². The van der Waals surface area contributed by atoms with Gasteiger partial charge in [0.1, 0.15) is 5.82 Å². The average Bonchev–Trinajstić information content (AvgIpc) is 3.12. The highest BCUT2D eigenvalue weighted by Gasteiger charge is 2.13. The van der Waals surface area contributed by atoms with E-state index in [4.69, 9.17) is 4.74 Å². The highest BCUT2D eigenvalue weighted by Crippen LogP contribution is 2.25. The fourth-order valence-corrected chi connectivity index (χ4v) is 2.72. The number of ether oxygens (including phenoxy) is 1. The summed E-state index contributed by atoms with van der Waals surface area (Å²) in [6.07, 6.45) is 0. The van der Waals surface area contributed by atoms with Gasteiger partial charge in [0.25, 0.3) is 5.91 Å². The predicted molar refractivity (Wildman–Crippen MR) is 108 cm³/mol. The fraction of sp³-hybridized carbons (Fsp3) is 0.190. The highest BCUT2D eigenvalue weighted by molar-refractivity contribution is 5.94. The molecule has 1 heterocycles. The standard InChI is InChI=1S/C21H22N4O3/c1-15(26)23-20-14-19(16-6-4-3-5-7-16)24-25(20)18-10-8-17(9-11-18)21(27)22-12-13-28-2/h3-11,14H,12-13H2,1-2H3,(H,22,27)(H,23,26). The van der Waals surface area contributed by atoms with Gasteiger partial charge in [-0.1, -0.05) is 30.3 Å². The molecule has 0 unspecified atom stereocenters. The van der Waals surface area contributed by atoms with Crippen molar-refractivity contribution in [2.45, 2.75) is 6.92 Å². The third kappa shape index (κ3) is 4.63. The molecule has 3 aromatic rings. The maximum Gasteiger partial charge on any atom is 0.251 e. The first kappa shape index (κ1) is 19.3. The van der Waals surface area contributed by atoms with E-state index >= 15 is 0 Å². The minimum absolute atomic E-state index is 0.170. The van der Waals surface area contributed by atoms with Crippen LogP contribution in [0.4, 0.5) is 5.82 Å². The Kier molecular flexibility index (Phi) is 6.18. The van der Waals surface area contributed by atoms with Gasteiger partial charge < -0.3 is 15.4 Å². The number of nitrogens with one attached hydrogen (secondary N) is 2. The maximum absolute atomic E-state index is 12.1. The van der Waals surface area contributed by atoms with Crippen molar-refractivity contribution >= 4 is 17.6 Å². The van der Waals surface area contributed by atoms with Gasteiger partial charge >= 0.3 is 0 Å². The van der Waals surface area contributed by atoms with Crippen molar-refractivity contribution in [3.05, 3.63) is 66.2 Å². The molecule has 0 fully saturated rings. The van der Waals surface area contributed by atoms with Crippen molar-refractivity contribution in [2.75, 3.05) is 25.6 Å². The molecule has 7 nitrogen and oxygen atoms in total. The Hall–Kier alpha value is -3.45. The molecule has 0 bridgehead atoms. The molecule has 0 radical (unpaired) electrons. The molecule has 144 valence electrons. The van der Waals surface area contributed by atoms with Crippen LogP contribution in [0.3, 0.4) is 0 Å². The van der Waals surface area contributed by atoms with Crippen LogP contribution in [0.5, 0.6) is 0 Å². The summed E-state index contributed by atoms with van der Waals surface area (Å²) >= 11 is 0. The largest absolute Gasteiger partial charge is 0.383 e. The average molecular weight is 378 g/mol. The summed E-state index contributed by atoms with van der Waals surface area (Å²) in [5.41, 5.74) is 2.96. The summed E-state index contributed by atoms with van der Waals surface area (Å²) in [7, 11) is 1.58. The van der Waals surface area contributed by atoms with Crippen LogP contribution >= 0.6 is 0 Å². The van der Waals surface area contributed by atoms with Gasteiger partial charge in [0.05, 0.1) is 18.0 Å². The number of rotatable bonds is 7. The lowest BCUT2D eigenvalue weighted by atomic mass is 10.1. The van der Waals surface area contributed by atoms with Gasteiger partial charge in [-0.2, -0.15) is 5.10 Å². The number of nitrogens with zero attached hydrogens (tertiary/aromatic N) is 2. The van der Waals surface area contributed by atoms with E-state index in [1.165, 1.54) is 6.92 Å². The number of anilines is 1. The van der Waals surface area contributed by atoms with E-state index in [0.717, 1.165) is 16.9 Å². The molecule has 1 aromatic heterocycles. The first-order valence-electron chi connectivity index (χ1n) is 8.89. The Bertz CT molecular complexity index is 950. The van der Waals surface area contributed by atoms with Crippen LogP contribution in [0.25, 0.3) is 16.9 Å². The summed E-state index contributed by atoms with van der Waals surface area (Å²) in [4.78, 5) is 23.7. The van der Waals surface area contributed by atoms with Crippen LogP contribution in [0, 0.1) is 0 Å². The third-order valence-electron chi connectivity index (χ3n) is 4.05. The van der Waals surface area contributed by atoms with Crippen LogP contribution in [0.2, 0.25) is 0 Å². The van der Waals surface area contributed by atoms with Crippen LogP contribution in [-0.2, 0) is 9.53 Å². The lowest BCUT2D eigenvalue weighted by molar-refractivity contribution is -0.114. The number of amides is 2. The quantitative estimate of drug-likeness (QED) is 0.619. The molecule has 28 heavy (non-hydrogen) atoms. The van der Waals surface area contributed by atoms with Crippen LogP contribution in [0.1, 0.15) is 17.3 Å². The number of methoxy groups -OCH3 is 1. The van der Waals surface area contributed by atoms with E-state index in [1.54, 1.807) is 36.1 Å². The van der Waals surface area contributed by atoms with Gasteiger partial charge in [0, 0.05) is 37.8 Å². The second-order valence-electron chi connectivity index (χ2n) is 6.17. The SMILES string of the molecule is COCCNC(=O)c1ccc(-n2nc(-c3ccccc3)cc2NC(C)=O)cc1. The molecule has 2 N–H and O–H groups in total. The molecule has 0 spiro atoms. The summed E-state index contributed by atoms with van der Waals surface area (Å²) in [5, 5.41) is 10.2. The van der Waals surface area contributed by atoms with Crippen molar-refractivity contribution in [3.8, 4) is 16.9 Å². The van der Waals surface area contributed by atoms with Gasteiger partial charge in [0.15, 0.2) is 0 Å². The normalized spacial score (nSPS) is 10.5. The Labute approximate surface area is 163 Å². The topological polar surface area (TPSA) is 85.2 Å². The zero-order valence-corrected chi connectivity index (χ0v) is 15.8. The molecular weight excluding hydrogens is 356 g/mol. The van der Waals surface area contributed by atoms with Crippen LogP contribution in [-0.4, -0.2) is 41.9 Å². The summed E-state index contributed by atoms with van der Waals surface area (Å²) in [6.45, 7) is 2.36. The molecule has 7 heteroatoms. The molecule has 2 aromatic carbocycles. The summed E-state index contributed by atoms with van der Waals surface area (Å²) < 4.78 is 6.58. The van der Waals surface area contributed by atoms with E-state index in [0.29, 0.717) is 24.5 Å². The first-order valence-corrected chi connectivity index (χ1v) is 8.89. The summed E-state index contributed by atoms with van der Waals surface area (Å²) in [5.74, 6) is 0.203. The van der Waals surface area contributed by atoms with E-state index in [9.17, 15) is 9.59 Å². The second-order valence-corrected chi connectivity index (χ2v) is 6.17. The monoisotopic (exact) mass is 378 g/mol. The number of benzene rings is 2. The number of hydrogen-bond donors (Lipinski definition) is 2. The van der Waals surface area contributed by atoms with E-state index in [-0.39, 0.29) is 11.8 Å².